The third kappa shape index (κ3) is 32.4. The van der Waals surface area contributed by atoms with Gasteiger partial charge in [-0.15, -0.1) is 0 Å². The Morgan fingerprint density at radius 1 is 0.682 bits per heavy atom. The summed E-state index contributed by atoms with van der Waals surface area (Å²) in [6, 6.07) is 0. The van der Waals surface area contributed by atoms with Gasteiger partial charge in [-0.3, -0.25) is 13.8 Å². The fourth-order valence-electron chi connectivity index (χ4n) is 4.73. The molecule has 0 aromatic heterocycles. The molecule has 0 aromatic carbocycles. The van der Waals surface area contributed by atoms with Crippen LogP contribution in [-0.2, 0) is 27.9 Å². The molecular formula is C35H68NO7P. The molecule has 0 rings (SSSR count). The van der Waals surface area contributed by atoms with E-state index in [0.717, 1.165) is 51.4 Å². The number of nitrogens with two attached hydrogens (primary N) is 1. The molecule has 0 spiro atoms. The number of phosphoric acid groups is 1. The molecule has 2 atom stereocenters. The summed E-state index contributed by atoms with van der Waals surface area (Å²) in [6.07, 6.45) is 33.7. The number of esters is 1. The highest BCUT2D eigenvalue weighted by Gasteiger charge is 2.25. The number of unbranched alkanes of at least 4 members (excludes halogenated alkanes) is 17. The lowest BCUT2D eigenvalue weighted by atomic mass is 10.1. The Morgan fingerprint density at radius 3 is 1.82 bits per heavy atom. The predicted octanol–water partition coefficient (Wildman–Crippen LogP) is 9.74. The van der Waals surface area contributed by atoms with Gasteiger partial charge in [-0.1, -0.05) is 128 Å². The molecule has 44 heavy (non-hydrogen) atoms. The Balaban J connectivity index is 3.88. The highest BCUT2D eigenvalue weighted by atomic mass is 31.2. The second-order valence-corrected chi connectivity index (χ2v) is 13.2. The highest BCUT2D eigenvalue weighted by molar-refractivity contribution is 7.47. The molecule has 0 amide bonds. The number of carbonyl (C=O) groups is 1. The van der Waals surface area contributed by atoms with Gasteiger partial charge in [0.25, 0.3) is 0 Å². The molecule has 0 heterocycles. The zero-order valence-corrected chi connectivity index (χ0v) is 29.3. The molecule has 0 aliphatic carbocycles. The first-order chi connectivity index (χ1) is 21.4. The summed E-state index contributed by atoms with van der Waals surface area (Å²) < 4.78 is 33.0. The number of allylic oxidation sites excluding steroid dienone is 4. The van der Waals surface area contributed by atoms with Gasteiger partial charge >= 0.3 is 13.8 Å². The van der Waals surface area contributed by atoms with Crippen molar-refractivity contribution in [3.8, 4) is 0 Å². The minimum atomic E-state index is -4.25. The Bertz CT molecular complexity index is 732. The number of ether oxygens (including phenoxy) is 2. The van der Waals surface area contributed by atoms with Gasteiger partial charge in [-0.05, 0) is 44.9 Å². The van der Waals surface area contributed by atoms with Crippen molar-refractivity contribution in [2.24, 2.45) is 5.73 Å². The predicted molar refractivity (Wildman–Crippen MR) is 183 cm³/mol. The zero-order chi connectivity index (χ0) is 32.4. The molecule has 0 saturated heterocycles. The number of rotatable bonds is 34. The average molecular weight is 646 g/mol. The third-order valence-electron chi connectivity index (χ3n) is 7.37. The maximum Gasteiger partial charge on any atom is 0.472 e. The van der Waals surface area contributed by atoms with Gasteiger partial charge in [0.15, 0.2) is 0 Å². The Hall–Kier alpha value is -1.02. The Kier molecular flexibility index (Phi) is 32.6. The van der Waals surface area contributed by atoms with E-state index in [-0.39, 0.29) is 32.3 Å². The number of phosphoric ester groups is 1. The van der Waals surface area contributed by atoms with Crippen LogP contribution in [0.3, 0.4) is 0 Å². The molecule has 0 aliphatic heterocycles. The largest absolute Gasteiger partial charge is 0.472 e. The summed E-state index contributed by atoms with van der Waals surface area (Å²) in [6.45, 7) is 4.80. The lowest BCUT2D eigenvalue weighted by molar-refractivity contribution is -0.154. The van der Waals surface area contributed by atoms with Crippen molar-refractivity contribution in [1.82, 2.24) is 0 Å². The molecule has 2 unspecified atom stereocenters. The number of hydrogen-bond acceptors (Lipinski definition) is 7. The van der Waals surface area contributed by atoms with Crippen molar-refractivity contribution in [3.63, 3.8) is 0 Å². The lowest BCUT2D eigenvalue weighted by Gasteiger charge is -2.20. The highest BCUT2D eigenvalue weighted by Crippen LogP contribution is 2.43. The summed E-state index contributed by atoms with van der Waals surface area (Å²) in [5.41, 5.74) is 5.32. The van der Waals surface area contributed by atoms with Gasteiger partial charge < -0.3 is 20.1 Å². The van der Waals surface area contributed by atoms with Crippen molar-refractivity contribution in [2.75, 3.05) is 33.0 Å². The second kappa shape index (κ2) is 33.3. The van der Waals surface area contributed by atoms with E-state index in [0.29, 0.717) is 13.0 Å². The quantitative estimate of drug-likeness (QED) is 0.0307. The van der Waals surface area contributed by atoms with Gasteiger partial charge in [0.05, 0.1) is 19.8 Å². The van der Waals surface area contributed by atoms with E-state index in [1.165, 1.54) is 83.5 Å². The van der Waals surface area contributed by atoms with Crippen molar-refractivity contribution >= 4 is 13.8 Å². The van der Waals surface area contributed by atoms with Crippen LogP contribution in [0.25, 0.3) is 0 Å². The fourth-order valence-corrected chi connectivity index (χ4v) is 5.50. The van der Waals surface area contributed by atoms with Crippen LogP contribution in [0.5, 0.6) is 0 Å². The molecule has 0 fully saturated rings. The first-order valence-electron chi connectivity index (χ1n) is 17.8. The van der Waals surface area contributed by atoms with Gasteiger partial charge in [0, 0.05) is 19.6 Å². The summed E-state index contributed by atoms with van der Waals surface area (Å²) >= 11 is 0. The fraction of sp³-hybridized carbons (Fsp3) is 0.857. The molecular weight excluding hydrogens is 577 g/mol. The smallest absolute Gasteiger partial charge is 0.457 e. The van der Waals surface area contributed by atoms with Crippen molar-refractivity contribution in [1.29, 1.82) is 0 Å². The molecule has 3 N–H and O–H groups in total. The van der Waals surface area contributed by atoms with Crippen molar-refractivity contribution in [2.45, 2.75) is 161 Å². The SMILES string of the molecule is CCCCC/C=C\C/C=C\CCCCCCCCCCCCOCC(COP(=O)(O)OCCN)OC(=O)CCCCCCC. The first kappa shape index (κ1) is 43.0. The van der Waals surface area contributed by atoms with E-state index in [1.54, 1.807) is 0 Å². The van der Waals surface area contributed by atoms with Crippen molar-refractivity contribution < 1.29 is 32.8 Å². The molecule has 8 nitrogen and oxygen atoms in total. The minimum Gasteiger partial charge on any atom is -0.457 e. The second-order valence-electron chi connectivity index (χ2n) is 11.7. The topological polar surface area (TPSA) is 117 Å². The molecule has 0 aromatic rings. The van der Waals surface area contributed by atoms with Gasteiger partial charge in [-0.25, -0.2) is 4.57 Å². The number of hydrogen-bond donors (Lipinski definition) is 2. The standard InChI is InChI=1S/C35H68NO7P/c1-3-5-7-9-10-11-12-13-14-15-16-17-18-19-20-21-22-23-25-27-30-40-32-34(33-42-44(38,39)41-31-29-36)43-35(37)28-26-24-8-6-4-2/h10-11,13-14,34H,3-9,12,15-33,36H2,1-2H3,(H,38,39)/b11-10-,14-13-. The molecule has 0 bridgehead atoms. The molecule has 9 heteroatoms. The van der Waals surface area contributed by atoms with Crippen LogP contribution in [-0.4, -0.2) is 49.9 Å². The van der Waals surface area contributed by atoms with Gasteiger partial charge in [0.2, 0.25) is 0 Å². The molecule has 0 aliphatic rings. The van der Waals surface area contributed by atoms with Crippen LogP contribution in [0.15, 0.2) is 24.3 Å². The third-order valence-corrected chi connectivity index (χ3v) is 8.36. The summed E-state index contributed by atoms with van der Waals surface area (Å²) in [5.74, 6) is -0.345. The minimum absolute atomic E-state index is 0.0952. The Morgan fingerprint density at radius 2 is 1.20 bits per heavy atom. The monoisotopic (exact) mass is 645 g/mol. The van der Waals surface area contributed by atoms with Crippen LogP contribution in [0.4, 0.5) is 0 Å². The average Bonchev–Trinajstić information content (AvgIpc) is 3.01. The lowest BCUT2D eigenvalue weighted by Crippen LogP contribution is -2.28. The number of carbonyl (C=O) groups excluding carboxylic acids is 1. The molecule has 0 saturated carbocycles. The van der Waals surface area contributed by atoms with E-state index >= 15 is 0 Å². The van der Waals surface area contributed by atoms with Gasteiger partial charge in [0.1, 0.15) is 6.10 Å². The van der Waals surface area contributed by atoms with Crippen LogP contribution in [0.2, 0.25) is 0 Å². The van der Waals surface area contributed by atoms with Gasteiger partial charge in [-0.2, -0.15) is 0 Å². The van der Waals surface area contributed by atoms with E-state index in [1.807, 2.05) is 0 Å². The molecule has 260 valence electrons. The normalized spacial score (nSPS) is 14.0. The van der Waals surface area contributed by atoms with E-state index in [9.17, 15) is 14.3 Å². The summed E-state index contributed by atoms with van der Waals surface area (Å²) in [7, 11) is -4.25. The van der Waals surface area contributed by atoms with Crippen LogP contribution in [0, 0.1) is 0 Å². The van der Waals surface area contributed by atoms with Crippen molar-refractivity contribution in [3.05, 3.63) is 24.3 Å². The summed E-state index contributed by atoms with van der Waals surface area (Å²) in [5, 5.41) is 0. The maximum absolute atomic E-state index is 12.3. The zero-order valence-electron chi connectivity index (χ0n) is 28.4. The van der Waals surface area contributed by atoms with Crippen LogP contribution in [0.1, 0.15) is 155 Å². The molecule has 0 radical (unpaired) electrons. The summed E-state index contributed by atoms with van der Waals surface area (Å²) in [4.78, 5) is 22.1. The Labute approximate surface area is 270 Å². The van der Waals surface area contributed by atoms with Crippen LogP contribution >= 0.6 is 7.82 Å². The van der Waals surface area contributed by atoms with E-state index in [2.05, 4.69) is 38.2 Å². The van der Waals surface area contributed by atoms with E-state index in [4.69, 9.17) is 24.3 Å². The van der Waals surface area contributed by atoms with Crippen LogP contribution < -0.4 is 5.73 Å². The van der Waals surface area contributed by atoms with E-state index < -0.39 is 13.9 Å². The first-order valence-corrected chi connectivity index (χ1v) is 19.3. The maximum atomic E-state index is 12.3.